The smallest absolute Gasteiger partial charge is 0.259 e. The number of hydrogen-bond donors (Lipinski definition) is 2. The molecule has 0 unspecified atom stereocenters. The zero-order valence-electron chi connectivity index (χ0n) is 22.1. The first kappa shape index (κ1) is 28.8. The van der Waals surface area contributed by atoms with Gasteiger partial charge in [0.15, 0.2) is 17.3 Å². The zero-order chi connectivity index (χ0) is 30.1. The van der Waals surface area contributed by atoms with Gasteiger partial charge in [0.25, 0.3) is 17.7 Å². The Hall–Kier alpha value is -4.35. The summed E-state index contributed by atoms with van der Waals surface area (Å²) in [7, 11) is 0. The Morgan fingerprint density at radius 1 is 0.907 bits per heavy atom. The lowest BCUT2D eigenvalue weighted by Gasteiger charge is -2.23. The minimum atomic E-state index is -1.05. The number of carbonyl (C=O) groups is 3. The van der Waals surface area contributed by atoms with E-state index in [1.54, 1.807) is 48.5 Å². The van der Waals surface area contributed by atoms with Crippen LogP contribution < -0.4 is 15.5 Å². The van der Waals surface area contributed by atoms with Crippen molar-refractivity contribution in [2.24, 2.45) is 0 Å². The largest absolute Gasteiger partial charge is 0.349 e. The Balaban J connectivity index is 1.18. The van der Waals surface area contributed by atoms with Crippen LogP contribution in [0.2, 0.25) is 10.0 Å². The van der Waals surface area contributed by atoms with Crippen molar-refractivity contribution in [3.05, 3.63) is 118 Å². The average molecular weight is 636 g/mol. The number of amides is 3. The maximum Gasteiger partial charge on any atom is 0.259 e. The first-order valence-electron chi connectivity index (χ1n) is 13.0. The van der Waals surface area contributed by atoms with Gasteiger partial charge in [-0.3, -0.25) is 19.7 Å². The second kappa shape index (κ2) is 12.1. The molecule has 0 aliphatic carbocycles. The molecular weight excluding hydrogens is 614 g/mol. The highest BCUT2D eigenvalue weighted by atomic mass is 35.5. The van der Waals surface area contributed by atoms with Gasteiger partial charge in [0, 0.05) is 16.3 Å². The lowest BCUT2D eigenvalue weighted by molar-refractivity contribution is -0.120. The number of anilines is 3. The molecule has 1 aromatic heterocycles. The van der Waals surface area contributed by atoms with Crippen molar-refractivity contribution in [1.82, 2.24) is 4.98 Å². The standard InChI is InChI=1S/C31H21Cl2FN4O4S/c32-19-9-14-23(22(33)15-19)35-29(40)26-27(42-26)30(41)38(16-17-5-10-20(34)11-6-17)21-12-7-18(8-13-21)28(39)37-31-36-24-3-1-2-4-25(24)43-31/h1-15,26-27H,16H2,(H,35,40)(H,36,37,39)/t26-,27-/m0/s1. The Labute approximate surface area is 259 Å². The molecule has 0 saturated carbocycles. The highest BCUT2D eigenvalue weighted by molar-refractivity contribution is 7.22. The van der Waals surface area contributed by atoms with E-state index in [1.807, 2.05) is 24.3 Å². The van der Waals surface area contributed by atoms with Crippen LogP contribution >= 0.6 is 34.5 Å². The number of halogens is 3. The number of ether oxygens (including phenoxy) is 1. The Morgan fingerprint density at radius 3 is 2.37 bits per heavy atom. The molecule has 2 N–H and O–H groups in total. The molecule has 3 amide bonds. The molecule has 6 rings (SSSR count). The van der Waals surface area contributed by atoms with E-state index in [4.69, 9.17) is 27.9 Å². The number of nitrogens with zero attached hydrogens (tertiary/aromatic N) is 2. The molecule has 43 heavy (non-hydrogen) atoms. The van der Waals surface area contributed by atoms with Gasteiger partial charge in [-0.2, -0.15) is 0 Å². The van der Waals surface area contributed by atoms with E-state index in [0.717, 1.165) is 10.2 Å². The number of aromatic nitrogens is 1. The van der Waals surface area contributed by atoms with E-state index in [0.29, 0.717) is 32.7 Å². The Bertz CT molecular complexity index is 1820. The molecule has 0 spiro atoms. The van der Waals surface area contributed by atoms with Gasteiger partial charge in [0.05, 0.1) is 27.5 Å². The number of hydrogen-bond acceptors (Lipinski definition) is 6. The van der Waals surface area contributed by atoms with Gasteiger partial charge in [-0.1, -0.05) is 58.8 Å². The lowest BCUT2D eigenvalue weighted by atomic mass is 10.1. The monoisotopic (exact) mass is 634 g/mol. The fourth-order valence-electron chi connectivity index (χ4n) is 4.40. The molecule has 1 fully saturated rings. The topological polar surface area (TPSA) is 104 Å². The summed E-state index contributed by atoms with van der Waals surface area (Å²) >= 11 is 13.4. The van der Waals surface area contributed by atoms with Crippen molar-refractivity contribution in [1.29, 1.82) is 0 Å². The van der Waals surface area contributed by atoms with Gasteiger partial charge in [-0.15, -0.1) is 0 Å². The maximum atomic E-state index is 13.6. The van der Waals surface area contributed by atoms with E-state index in [-0.39, 0.29) is 17.5 Å². The predicted molar refractivity (Wildman–Crippen MR) is 165 cm³/mol. The highest BCUT2D eigenvalue weighted by Crippen LogP contribution is 2.32. The summed E-state index contributed by atoms with van der Waals surface area (Å²) in [5, 5.41) is 6.59. The third-order valence-electron chi connectivity index (χ3n) is 6.66. The van der Waals surface area contributed by atoms with Crippen LogP contribution in [0, 0.1) is 5.82 Å². The normalized spacial score (nSPS) is 15.6. The highest BCUT2D eigenvalue weighted by Gasteiger charge is 2.52. The van der Waals surface area contributed by atoms with Crippen LogP contribution in [0.4, 0.5) is 20.9 Å². The average Bonchev–Trinajstić information content (AvgIpc) is 3.70. The van der Waals surface area contributed by atoms with Crippen LogP contribution in [0.1, 0.15) is 15.9 Å². The van der Waals surface area contributed by atoms with Crippen molar-refractivity contribution in [3.63, 3.8) is 0 Å². The predicted octanol–water partition coefficient (Wildman–Crippen LogP) is 6.93. The van der Waals surface area contributed by atoms with Crippen LogP contribution in [0.5, 0.6) is 0 Å². The summed E-state index contributed by atoms with van der Waals surface area (Å²) in [5.41, 5.74) is 2.60. The molecular formula is C31H21Cl2FN4O4S. The van der Waals surface area contributed by atoms with E-state index in [9.17, 15) is 18.8 Å². The van der Waals surface area contributed by atoms with Gasteiger partial charge >= 0.3 is 0 Å². The molecule has 1 aliphatic heterocycles. The molecule has 2 heterocycles. The fraction of sp³-hybridized carbons (Fsp3) is 0.0968. The number of para-hydroxylation sites is 1. The lowest BCUT2D eigenvalue weighted by Crippen LogP contribution is -2.36. The summed E-state index contributed by atoms with van der Waals surface area (Å²) in [6, 6.07) is 24.3. The van der Waals surface area contributed by atoms with Crippen LogP contribution in [0.3, 0.4) is 0 Å². The van der Waals surface area contributed by atoms with Gasteiger partial charge in [-0.05, 0) is 72.3 Å². The number of rotatable bonds is 8. The Morgan fingerprint density at radius 2 is 1.65 bits per heavy atom. The molecule has 8 nitrogen and oxygen atoms in total. The van der Waals surface area contributed by atoms with Gasteiger partial charge in [0.1, 0.15) is 5.82 Å². The summed E-state index contributed by atoms with van der Waals surface area (Å²) in [6.45, 7) is 0.0770. The minimum absolute atomic E-state index is 0.0770. The van der Waals surface area contributed by atoms with Crippen molar-refractivity contribution >= 4 is 79.0 Å². The maximum absolute atomic E-state index is 13.6. The second-order valence-corrected chi connectivity index (χ2v) is 11.5. The molecule has 1 aliphatic rings. The van der Waals surface area contributed by atoms with Crippen LogP contribution in [-0.4, -0.2) is 34.9 Å². The molecule has 0 bridgehead atoms. The van der Waals surface area contributed by atoms with E-state index in [1.165, 1.54) is 34.4 Å². The second-order valence-electron chi connectivity index (χ2n) is 9.63. The fourth-order valence-corrected chi connectivity index (χ4v) is 5.72. The third kappa shape index (κ3) is 6.52. The van der Waals surface area contributed by atoms with Gasteiger partial charge in [0.2, 0.25) is 0 Å². The SMILES string of the molecule is O=C(Nc1nc2ccccc2s1)c1ccc(N(Cc2ccc(F)cc2)C(=O)[C@H]2O[C@@H]2C(=O)Nc2ccc(Cl)cc2Cl)cc1. The summed E-state index contributed by atoms with van der Waals surface area (Å²) in [5.74, 6) is -1.78. The Kier molecular flexibility index (Phi) is 8.09. The van der Waals surface area contributed by atoms with Crippen LogP contribution in [0.15, 0.2) is 91.0 Å². The number of epoxide rings is 1. The quantitative estimate of drug-likeness (QED) is 0.180. The summed E-state index contributed by atoms with van der Waals surface area (Å²) < 4.78 is 20.0. The van der Waals surface area contributed by atoms with Crippen molar-refractivity contribution < 1.29 is 23.5 Å². The number of benzene rings is 4. The minimum Gasteiger partial charge on any atom is -0.349 e. The van der Waals surface area contributed by atoms with E-state index < -0.39 is 29.8 Å². The third-order valence-corrected chi connectivity index (χ3v) is 8.16. The van der Waals surface area contributed by atoms with Crippen molar-refractivity contribution in [2.75, 3.05) is 15.5 Å². The zero-order valence-corrected chi connectivity index (χ0v) is 24.4. The number of carbonyl (C=O) groups excluding carboxylic acids is 3. The molecule has 0 radical (unpaired) electrons. The van der Waals surface area contributed by atoms with Gasteiger partial charge < -0.3 is 15.0 Å². The van der Waals surface area contributed by atoms with E-state index in [2.05, 4.69) is 15.6 Å². The van der Waals surface area contributed by atoms with Crippen molar-refractivity contribution in [3.8, 4) is 0 Å². The molecule has 5 aromatic rings. The summed E-state index contributed by atoms with van der Waals surface area (Å²) in [6.07, 6.45) is -2.08. The van der Waals surface area contributed by atoms with Crippen molar-refractivity contribution in [2.45, 2.75) is 18.8 Å². The summed E-state index contributed by atoms with van der Waals surface area (Å²) in [4.78, 5) is 45.2. The molecule has 2 atom stereocenters. The number of fused-ring (bicyclic) bond motifs is 1. The van der Waals surface area contributed by atoms with E-state index >= 15 is 0 Å². The molecule has 4 aromatic carbocycles. The first-order valence-corrected chi connectivity index (χ1v) is 14.6. The molecule has 1 saturated heterocycles. The first-order chi connectivity index (χ1) is 20.7. The van der Waals surface area contributed by atoms with Crippen LogP contribution in [-0.2, 0) is 20.9 Å². The molecule has 216 valence electrons. The van der Waals surface area contributed by atoms with Crippen LogP contribution in [0.25, 0.3) is 10.2 Å². The molecule has 12 heteroatoms. The van der Waals surface area contributed by atoms with Gasteiger partial charge in [-0.25, -0.2) is 9.37 Å². The number of thiazole rings is 1. The number of nitrogens with one attached hydrogen (secondary N) is 2.